The van der Waals surface area contributed by atoms with Gasteiger partial charge in [-0.1, -0.05) is 0 Å². The second kappa shape index (κ2) is 11.7. The van der Waals surface area contributed by atoms with Crippen molar-refractivity contribution in [2.24, 2.45) is 0 Å². The molecule has 0 bridgehead atoms. The molecule has 0 saturated heterocycles. The van der Waals surface area contributed by atoms with Crippen LogP contribution in [-0.4, -0.2) is 18.5 Å². The molecule has 0 nitrogen and oxygen atoms in total. The molecule has 2 heteroatoms. The van der Waals surface area contributed by atoms with Crippen LogP contribution >= 0.6 is 7.92 Å². The molecular formula is C7H19CuP+. The molecule has 9 heavy (non-hydrogen) atoms. The van der Waals surface area contributed by atoms with Crippen LogP contribution in [0.4, 0.5) is 0 Å². The average molecular weight is 198 g/mol. The van der Waals surface area contributed by atoms with Gasteiger partial charge >= 0.3 is 17.1 Å². The van der Waals surface area contributed by atoms with Crippen molar-refractivity contribution >= 4 is 7.92 Å². The second-order valence-electron chi connectivity index (χ2n) is 1.81. The molecule has 0 rings (SSSR count). The number of hydrogen-bond donors (Lipinski definition) is 0. The Morgan fingerprint density at radius 3 is 1.11 bits per heavy atom. The minimum Gasteiger partial charge on any atom is -0.358 e. The third-order valence-corrected chi connectivity index (χ3v) is 4.50. The van der Waals surface area contributed by atoms with Gasteiger partial charge in [-0.25, -0.2) is 0 Å². The van der Waals surface area contributed by atoms with Gasteiger partial charge in [-0.15, -0.1) is 0 Å². The van der Waals surface area contributed by atoms with Gasteiger partial charge in [0, 0.05) is 0 Å². The first-order valence-corrected chi connectivity index (χ1v) is 5.30. The minimum atomic E-state index is 0. The van der Waals surface area contributed by atoms with Gasteiger partial charge in [0.2, 0.25) is 0 Å². The fourth-order valence-electron chi connectivity index (χ4n) is 0.750. The minimum absolute atomic E-state index is 0. The van der Waals surface area contributed by atoms with E-state index in [1.54, 1.807) is 0 Å². The quantitative estimate of drug-likeness (QED) is 0.371. The van der Waals surface area contributed by atoms with Crippen molar-refractivity contribution in [2.45, 2.75) is 20.8 Å². The second-order valence-corrected chi connectivity index (χ2v) is 5.43. The zero-order chi connectivity index (χ0) is 5.70. The molecule has 0 saturated carbocycles. The first-order chi connectivity index (χ1) is 3.35. The molecular weight excluding hydrogens is 179 g/mol. The Bertz CT molecular complexity index is 30.4. The van der Waals surface area contributed by atoms with E-state index >= 15 is 0 Å². The molecule has 0 aromatic carbocycles. The van der Waals surface area contributed by atoms with E-state index in [-0.39, 0.29) is 32.4 Å². The van der Waals surface area contributed by atoms with Gasteiger partial charge in [-0.3, -0.25) is 0 Å². The molecule has 62 valence electrons. The van der Waals surface area contributed by atoms with E-state index in [0.29, 0.717) is 0 Å². The van der Waals surface area contributed by atoms with Crippen molar-refractivity contribution in [2.75, 3.05) is 18.5 Å². The van der Waals surface area contributed by atoms with Gasteiger partial charge in [0.15, 0.2) is 0 Å². The van der Waals surface area contributed by atoms with Crippen LogP contribution in [0.15, 0.2) is 0 Å². The Balaban J connectivity index is -0.000000180. The van der Waals surface area contributed by atoms with E-state index in [0.717, 1.165) is 0 Å². The normalized spacial score (nSPS) is 8.00. The Kier molecular flexibility index (Phi) is 21.5. The zero-order valence-corrected chi connectivity index (χ0v) is 8.86. The molecule has 0 unspecified atom stereocenters. The Labute approximate surface area is 72.0 Å². The maximum Gasteiger partial charge on any atom is 1.00 e. The van der Waals surface area contributed by atoms with Crippen LogP contribution in [0.25, 0.3) is 0 Å². The summed E-state index contributed by atoms with van der Waals surface area (Å²) in [7, 11) is 0.137. The average Bonchev–Trinajstić information content (AvgIpc) is 1.72. The van der Waals surface area contributed by atoms with Crippen molar-refractivity contribution in [1.29, 1.82) is 0 Å². The summed E-state index contributed by atoms with van der Waals surface area (Å²) in [6.07, 6.45) is 4.37. The van der Waals surface area contributed by atoms with E-state index in [2.05, 4.69) is 20.8 Å². The molecule has 0 aliphatic heterocycles. The Morgan fingerprint density at radius 1 is 0.889 bits per heavy atom. The van der Waals surface area contributed by atoms with Crippen LogP contribution in [0.2, 0.25) is 0 Å². The molecule has 0 radical (unpaired) electrons. The molecule has 0 aromatic heterocycles. The largest absolute Gasteiger partial charge is 1.00 e. The van der Waals surface area contributed by atoms with Gasteiger partial charge in [0.05, 0.1) is 18.5 Å². The molecule has 0 atom stereocenters. The summed E-state index contributed by atoms with van der Waals surface area (Å²) in [6.45, 7) is 6.92. The van der Waals surface area contributed by atoms with Crippen molar-refractivity contribution in [3.63, 3.8) is 0 Å². The molecule has 0 aromatic rings. The van der Waals surface area contributed by atoms with E-state index in [1.165, 1.54) is 18.5 Å². The molecule has 0 aliphatic rings. The van der Waals surface area contributed by atoms with E-state index in [4.69, 9.17) is 0 Å². The standard InChI is InChI=1S/C6H15P.CH3.Cu/c1-4-7(5-2)6-3;;/h4-6H2,1-3H3;1H3;/q;-1;+1/p+1. The van der Waals surface area contributed by atoms with Crippen LogP contribution in [0.3, 0.4) is 0 Å². The van der Waals surface area contributed by atoms with Crippen LogP contribution in [0.1, 0.15) is 20.8 Å². The summed E-state index contributed by atoms with van der Waals surface area (Å²) in [6, 6.07) is 0. The van der Waals surface area contributed by atoms with Gasteiger partial charge in [0.1, 0.15) is 0 Å². The molecule has 0 aliphatic carbocycles. The summed E-state index contributed by atoms with van der Waals surface area (Å²) in [5.74, 6) is 0. The van der Waals surface area contributed by atoms with Gasteiger partial charge in [-0.2, -0.15) is 0 Å². The van der Waals surface area contributed by atoms with Gasteiger partial charge in [0.25, 0.3) is 0 Å². The zero-order valence-electron chi connectivity index (χ0n) is 6.92. The van der Waals surface area contributed by atoms with Crippen molar-refractivity contribution in [1.82, 2.24) is 0 Å². The molecule has 0 N–H and O–H groups in total. The Hall–Kier alpha value is 0.949. The monoisotopic (exact) mass is 197 g/mol. The molecule has 0 heterocycles. The third-order valence-electron chi connectivity index (χ3n) is 1.50. The summed E-state index contributed by atoms with van der Waals surface area (Å²) in [5, 5.41) is 0. The van der Waals surface area contributed by atoms with Crippen LogP contribution in [0, 0.1) is 7.43 Å². The van der Waals surface area contributed by atoms with Crippen LogP contribution < -0.4 is 0 Å². The fraction of sp³-hybridized carbons (Fsp3) is 0.857. The first-order valence-electron chi connectivity index (χ1n) is 3.18. The number of hydrogen-bond acceptors (Lipinski definition) is 0. The molecule has 0 amide bonds. The van der Waals surface area contributed by atoms with E-state index < -0.39 is 0 Å². The predicted molar refractivity (Wildman–Crippen MR) is 46.4 cm³/mol. The maximum absolute atomic E-state index is 2.31. The maximum atomic E-state index is 2.31. The topological polar surface area (TPSA) is 0 Å². The van der Waals surface area contributed by atoms with E-state index in [9.17, 15) is 0 Å². The van der Waals surface area contributed by atoms with Gasteiger partial charge in [-0.05, 0) is 28.7 Å². The predicted octanol–water partition coefficient (Wildman–Crippen LogP) is 2.71. The number of rotatable bonds is 3. The molecule has 0 fully saturated rings. The van der Waals surface area contributed by atoms with Crippen molar-refractivity contribution in [3.05, 3.63) is 7.43 Å². The summed E-state index contributed by atoms with van der Waals surface area (Å²) in [4.78, 5) is 0. The summed E-state index contributed by atoms with van der Waals surface area (Å²) < 4.78 is 0. The SMILES string of the molecule is CC[PH+](CC)CC.[CH3-].[Cu+]. The smallest absolute Gasteiger partial charge is 0.358 e. The van der Waals surface area contributed by atoms with Gasteiger partial charge < -0.3 is 7.43 Å². The summed E-state index contributed by atoms with van der Waals surface area (Å²) in [5.41, 5.74) is 0. The van der Waals surface area contributed by atoms with Crippen molar-refractivity contribution < 1.29 is 17.1 Å². The molecule has 0 spiro atoms. The van der Waals surface area contributed by atoms with Crippen LogP contribution in [-0.2, 0) is 17.1 Å². The van der Waals surface area contributed by atoms with E-state index in [1.807, 2.05) is 0 Å². The Morgan fingerprint density at radius 2 is 1.11 bits per heavy atom. The fourth-order valence-corrected chi connectivity index (χ4v) is 2.25. The summed E-state index contributed by atoms with van der Waals surface area (Å²) >= 11 is 0. The van der Waals surface area contributed by atoms with Crippen LogP contribution in [0.5, 0.6) is 0 Å². The third kappa shape index (κ3) is 8.95. The first kappa shape index (κ1) is 16.5. The van der Waals surface area contributed by atoms with Crippen molar-refractivity contribution in [3.8, 4) is 0 Å².